The van der Waals surface area contributed by atoms with Crippen LogP contribution in [0.3, 0.4) is 0 Å². The third-order valence-electron chi connectivity index (χ3n) is 2.37. The van der Waals surface area contributed by atoms with Gasteiger partial charge in [0, 0.05) is 13.0 Å². The molecular weight excluding hydrogens is 272 g/mol. The monoisotopic (exact) mass is 287 g/mol. The zero-order valence-corrected chi connectivity index (χ0v) is 10.6. The number of ether oxygens (including phenoxy) is 1. The SMILES string of the molecule is NC(CCCNC(=O)c1ccccc1OC(F)F)=NO. The highest BCUT2D eigenvalue weighted by Crippen LogP contribution is 2.19. The van der Waals surface area contributed by atoms with Crippen LogP contribution in [0.15, 0.2) is 29.4 Å². The largest absolute Gasteiger partial charge is 0.434 e. The second-order valence-corrected chi connectivity index (χ2v) is 3.83. The lowest BCUT2D eigenvalue weighted by molar-refractivity contribution is -0.0501. The first-order valence-corrected chi connectivity index (χ1v) is 5.83. The van der Waals surface area contributed by atoms with Crippen LogP contribution in [0.1, 0.15) is 23.2 Å². The van der Waals surface area contributed by atoms with Crippen molar-refractivity contribution in [3.8, 4) is 5.75 Å². The van der Waals surface area contributed by atoms with Crippen LogP contribution in [-0.2, 0) is 0 Å². The molecule has 1 aromatic rings. The molecule has 0 radical (unpaired) electrons. The van der Waals surface area contributed by atoms with Crippen LogP contribution in [0.5, 0.6) is 5.75 Å². The fourth-order valence-corrected chi connectivity index (χ4v) is 1.47. The first-order valence-electron chi connectivity index (χ1n) is 5.83. The van der Waals surface area contributed by atoms with Gasteiger partial charge < -0.3 is 21.0 Å². The minimum Gasteiger partial charge on any atom is -0.434 e. The van der Waals surface area contributed by atoms with Crippen LogP contribution in [0, 0.1) is 0 Å². The Morgan fingerprint density at radius 3 is 2.80 bits per heavy atom. The molecular formula is C12H15F2N3O3. The average Bonchev–Trinajstić information content (AvgIpc) is 2.43. The molecule has 0 atom stereocenters. The Labute approximate surface area is 114 Å². The number of alkyl halides is 2. The van der Waals surface area contributed by atoms with Crippen LogP contribution in [0.25, 0.3) is 0 Å². The molecule has 8 heteroatoms. The molecule has 20 heavy (non-hydrogen) atoms. The fourth-order valence-electron chi connectivity index (χ4n) is 1.47. The molecule has 0 fully saturated rings. The summed E-state index contributed by atoms with van der Waals surface area (Å²) in [5.41, 5.74) is 5.29. The number of halogens is 2. The lowest BCUT2D eigenvalue weighted by atomic mass is 10.2. The minimum absolute atomic E-state index is 0.0246. The molecule has 0 heterocycles. The highest BCUT2D eigenvalue weighted by Gasteiger charge is 2.14. The van der Waals surface area contributed by atoms with Crippen LogP contribution in [-0.4, -0.2) is 30.1 Å². The third kappa shape index (κ3) is 5.09. The number of benzene rings is 1. The number of hydrogen-bond donors (Lipinski definition) is 3. The molecule has 4 N–H and O–H groups in total. The average molecular weight is 287 g/mol. The van der Waals surface area contributed by atoms with Crippen molar-refractivity contribution in [2.75, 3.05) is 6.54 Å². The van der Waals surface area contributed by atoms with E-state index in [2.05, 4.69) is 15.2 Å². The standard InChI is InChI=1S/C12H15F2N3O3/c13-12(14)20-9-5-2-1-4-8(9)11(18)16-7-3-6-10(15)17-19/h1-2,4-5,12,19H,3,6-7H2,(H2,15,17)(H,16,18). The molecule has 0 unspecified atom stereocenters. The minimum atomic E-state index is -3.00. The molecule has 0 aliphatic carbocycles. The number of nitrogens with one attached hydrogen (secondary N) is 1. The summed E-state index contributed by atoms with van der Waals surface area (Å²) in [5, 5.41) is 13.7. The number of amides is 1. The van der Waals surface area contributed by atoms with Gasteiger partial charge in [0.25, 0.3) is 5.91 Å². The Hall–Kier alpha value is -2.38. The van der Waals surface area contributed by atoms with E-state index < -0.39 is 12.5 Å². The van der Waals surface area contributed by atoms with Gasteiger partial charge in [-0.1, -0.05) is 17.3 Å². The Bertz CT molecular complexity index is 481. The lowest BCUT2D eigenvalue weighted by Gasteiger charge is -2.10. The number of carbonyl (C=O) groups excluding carboxylic acids is 1. The van der Waals surface area contributed by atoms with Crippen molar-refractivity contribution < 1.29 is 23.5 Å². The van der Waals surface area contributed by atoms with Crippen molar-refractivity contribution in [1.82, 2.24) is 5.32 Å². The van der Waals surface area contributed by atoms with Gasteiger partial charge in [-0.3, -0.25) is 4.79 Å². The molecule has 1 rings (SSSR count). The third-order valence-corrected chi connectivity index (χ3v) is 2.37. The Morgan fingerprint density at radius 1 is 1.45 bits per heavy atom. The first-order chi connectivity index (χ1) is 9.54. The van der Waals surface area contributed by atoms with Gasteiger partial charge in [-0.2, -0.15) is 8.78 Å². The maximum Gasteiger partial charge on any atom is 0.387 e. The predicted octanol–water partition coefficient (Wildman–Crippen LogP) is 1.54. The van der Waals surface area contributed by atoms with E-state index in [1.54, 1.807) is 6.07 Å². The summed E-state index contributed by atoms with van der Waals surface area (Å²) in [4.78, 5) is 11.8. The molecule has 0 saturated heterocycles. The number of carbonyl (C=O) groups is 1. The Kier molecular flexibility index (Phi) is 6.21. The van der Waals surface area contributed by atoms with Crippen molar-refractivity contribution in [2.24, 2.45) is 10.9 Å². The smallest absolute Gasteiger partial charge is 0.387 e. The van der Waals surface area contributed by atoms with Crippen molar-refractivity contribution in [1.29, 1.82) is 0 Å². The summed E-state index contributed by atoms with van der Waals surface area (Å²) in [6.07, 6.45) is 0.769. The molecule has 1 amide bonds. The van der Waals surface area contributed by atoms with Gasteiger partial charge in [0.05, 0.1) is 5.56 Å². The number of oxime groups is 1. The maximum atomic E-state index is 12.2. The van der Waals surface area contributed by atoms with Crippen molar-refractivity contribution >= 4 is 11.7 Å². The molecule has 0 spiro atoms. The van der Waals surface area contributed by atoms with Gasteiger partial charge in [-0.25, -0.2) is 0 Å². The number of hydrogen-bond acceptors (Lipinski definition) is 4. The van der Waals surface area contributed by atoms with E-state index in [-0.39, 0.29) is 23.7 Å². The van der Waals surface area contributed by atoms with Crippen molar-refractivity contribution in [3.63, 3.8) is 0 Å². The second kappa shape index (κ2) is 7.93. The van der Waals surface area contributed by atoms with Crippen LogP contribution in [0.4, 0.5) is 8.78 Å². The quantitative estimate of drug-likeness (QED) is 0.233. The van der Waals surface area contributed by atoms with E-state index in [4.69, 9.17) is 10.9 Å². The summed E-state index contributed by atoms with van der Waals surface area (Å²) in [6.45, 7) is -2.73. The number of nitrogens with zero attached hydrogens (tertiary/aromatic N) is 1. The summed E-state index contributed by atoms with van der Waals surface area (Å²) >= 11 is 0. The van der Waals surface area contributed by atoms with Crippen molar-refractivity contribution in [2.45, 2.75) is 19.5 Å². The van der Waals surface area contributed by atoms with Gasteiger partial charge >= 0.3 is 6.61 Å². The first kappa shape index (κ1) is 15.7. The number of rotatable bonds is 7. The van der Waals surface area contributed by atoms with Crippen LogP contribution < -0.4 is 15.8 Å². The fraction of sp³-hybridized carbons (Fsp3) is 0.333. The van der Waals surface area contributed by atoms with E-state index in [0.29, 0.717) is 12.8 Å². The van der Waals surface area contributed by atoms with E-state index in [1.165, 1.54) is 18.2 Å². The molecule has 0 saturated carbocycles. The van der Waals surface area contributed by atoms with E-state index in [9.17, 15) is 13.6 Å². The molecule has 1 aromatic carbocycles. The highest BCUT2D eigenvalue weighted by atomic mass is 19.3. The predicted molar refractivity (Wildman–Crippen MR) is 68.1 cm³/mol. The lowest BCUT2D eigenvalue weighted by Crippen LogP contribution is -2.26. The Morgan fingerprint density at radius 2 is 2.15 bits per heavy atom. The van der Waals surface area contributed by atoms with Gasteiger partial charge in [0.15, 0.2) is 0 Å². The normalized spacial score (nSPS) is 11.4. The van der Waals surface area contributed by atoms with Gasteiger partial charge in [0.1, 0.15) is 11.6 Å². The maximum absolute atomic E-state index is 12.2. The summed E-state index contributed by atoms with van der Waals surface area (Å²) < 4.78 is 28.6. The highest BCUT2D eigenvalue weighted by molar-refractivity contribution is 5.96. The van der Waals surface area contributed by atoms with Gasteiger partial charge in [-0.05, 0) is 18.6 Å². The number of nitrogens with two attached hydrogens (primary N) is 1. The van der Waals surface area contributed by atoms with Crippen LogP contribution in [0.2, 0.25) is 0 Å². The number of amidine groups is 1. The van der Waals surface area contributed by atoms with Gasteiger partial charge in [0.2, 0.25) is 0 Å². The molecule has 0 bridgehead atoms. The van der Waals surface area contributed by atoms with Crippen molar-refractivity contribution in [3.05, 3.63) is 29.8 Å². The molecule has 0 aliphatic rings. The zero-order valence-electron chi connectivity index (χ0n) is 10.6. The van der Waals surface area contributed by atoms with E-state index in [0.717, 1.165) is 0 Å². The Balaban J connectivity index is 2.55. The van der Waals surface area contributed by atoms with Gasteiger partial charge in [-0.15, -0.1) is 0 Å². The zero-order chi connectivity index (χ0) is 15.0. The second-order valence-electron chi connectivity index (χ2n) is 3.83. The molecule has 6 nitrogen and oxygen atoms in total. The molecule has 110 valence electrons. The molecule has 0 aliphatic heterocycles. The summed E-state index contributed by atoms with van der Waals surface area (Å²) in [5.74, 6) is -0.655. The summed E-state index contributed by atoms with van der Waals surface area (Å²) in [6, 6.07) is 5.71. The summed E-state index contributed by atoms with van der Waals surface area (Å²) in [7, 11) is 0. The van der Waals surface area contributed by atoms with E-state index >= 15 is 0 Å². The molecule has 0 aromatic heterocycles. The number of para-hydroxylation sites is 1. The van der Waals surface area contributed by atoms with Crippen LogP contribution >= 0.6 is 0 Å². The topological polar surface area (TPSA) is 96.9 Å². The van der Waals surface area contributed by atoms with E-state index in [1.807, 2.05) is 0 Å².